The third-order valence-corrected chi connectivity index (χ3v) is 5.99. The van der Waals surface area contributed by atoms with E-state index in [1.807, 2.05) is 32.0 Å². The lowest BCUT2D eigenvalue weighted by Crippen LogP contribution is -2.45. The van der Waals surface area contributed by atoms with Gasteiger partial charge in [-0.15, -0.1) is 0 Å². The molecule has 5 heteroatoms. The Morgan fingerprint density at radius 1 is 1.00 bits per heavy atom. The Bertz CT molecular complexity index is 329. The molecule has 0 aliphatic rings. The molecule has 0 fully saturated rings. The van der Waals surface area contributed by atoms with Gasteiger partial charge in [0.05, 0.1) is 6.61 Å². The van der Waals surface area contributed by atoms with Gasteiger partial charge in [-0.05, 0) is 31.6 Å². The van der Waals surface area contributed by atoms with Crippen molar-refractivity contribution in [1.82, 2.24) is 0 Å². The summed E-state index contributed by atoms with van der Waals surface area (Å²) < 4.78 is 17.8. The minimum Gasteiger partial charge on any atom is -0.374 e. The van der Waals surface area contributed by atoms with Crippen molar-refractivity contribution < 1.29 is 13.3 Å². The van der Waals surface area contributed by atoms with Gasteiger partial charge < -0.3 is 13.3 Å². The van der Waals surface area contributed by atoms with E-state index in [4.69, 9.17) is 13.3 Å². The molecule has 0 amide bonds. The third kappa shape index (κ3) is 6.10. The monoisotopic (exact) mass is 300 g/mol. The van der Waals surface area contributed by atoms with Crippen molar-refractivity contribution in [3.63, 3.8) is 0 Å². The minimum atomic E-state index is -2.55. The van der Waals surface area contributed by atoms with Crippen LogP contribution in [0.5, 0.6) is 0 Å². The van der Waals surface area contributed by atoms with Gasteiger partial charge in [0.25, 0.3) is 0 Å². The van der Waals surface area contributed by atoms with Crippen molar-refractivity contribution in [2.75, 3.05) is 19.0 Å². The first-order chi connectivity index (χ1) is 9.26. The molecule has 0 saturated heterocycles. The molecule has 0 aliphatic carbocycles. The van der Waals surface area contributed by atoms with Crippen LogP contribution in [0.2, 0.25) is 6.04 Å². The van der Waals surface area contributed by atoms with E-state index in [9.17, 15) is 0 Å². The average Bonchev–Trinajstić information content (AvgIpc) is 2.45. The Morgan fingerprint density at radius 3 is 2.16 bits per heavy atom. The van der Waals surface area contributed by atoms with Gasteiger partial charge >= 0.3 is 8.80 Å². The van der Waals surface area contributed by atoms with Gasteiger partial charge in [-0.2, -0.15) is 12.6 Å². The first kappa shape index (κ1) is 16.7. The first-order valence-corrected chi connectivity index (χ1v) is 9.39. The fourth-order valence-corrected chi connectivity index (χ4v) is 4.86. The molecule has 1 aromatic rings. The summed E-state index contributed by atoms with van der Waals surface area (Å²) in [6.07, 6.45) is 0.949. The van der Waals surface area contributed by atoms with Gasteiger partial charge in [0, 0.05) is 19.3 Å². The second kappa shape index (κ2) is 9.55. The lowest BCUT2D eigenvalue weighted by atomic mass is 10.2. The van der Waals surface area contributed by atoms with E-state index in [-0.39, 0.29) is 0 Å². The molecule has 108 valence electrons. The molecule has 0 atom stereocenters. The van der Waals surface area contributed by atoms with Crippen LogP contribution in [-0.4, -0.2) is 27.8 Å². The van der Waals surface area contributed by atoms with E-state index in [2.05, 4.69) is 24.8 Å². The van der Waals surface area contributed by atoms with Gasteiger partial charge in [0.2, 0.25) is 0 Å². The Balaban J connectivity index is 2.65. The number of hydrogen-bond donors (Lipinski definition) is 1. The van der Waals surface area contributed by atoms with Crippen LogP contribution in [0.25, 0.3) is 0 Å². The van der Waals surface area contributed by atoms with Crippen molar-refractivity contribution in [1.29, 1.82) is 0 Å². The zero-order valence-electron chi connectivity index (χ0n) is 11.8. The Labute approximate surface area is 123 Å². The molecule has 19 heavy (non-hydrogen) atoms. The van der Waals surface area contributed by atoms with Gasteiger partial charge in [0.15, 0.2) is 0 Å². The molecule has 0 aromatic heterocycles. The fraction of sp³-hybridized carbons (Fsp3) is 0.571. The summed E-state index contributed by atoms with van der Waals surface area (Å²) in [6.45, 7) is 5.74. The molecular weight excluding hydrogens is 276 g/mol. The maximum absolute atomic E-state index is 6.06. The number of thiol groups is 1. The van der Waals surface area contributed by atoms with Crippen molar-refractivity contribution in [2.24, 2.45) is 0 Å². The molecule has 0 aliphatic heterocycles. The molecule has 0 radical (unpaired) electrons. The Kier molecular flexibility index (Phi) is 8.41. The zero-order chi connectivity index (χ0) is 14.0. The second-order valence-corrected chi connectivity index (χ2v) is 7.33. The third-order valence-electron chi connectivity index (χ3n) is 2.67. The van der Waals surface area contributed by atoms with Crippen LogP contribution in [0.3, 0.4) is 0 Å². The quantitative estimate of drug-likeness (QED) is 0.529. The van der Waals surface area contributed by atoms with E-state index in [0.717, 1.165) is 23.8 Å². The highest BCUT2D eigenvalue weighted by atomic mass is 32.1. The number of rotatable bonds is 10. The summed E-state index contributed by atoms with van der Waals surface area (Å²) in [6, 6.07) is 10.9. The first-order valence-electron chi connectivity index (χ1n) is 6.83. The molecule has 0 saturated carbocycles. The fourth-order valence-electron chi connectivity index (χ4n) is 1.84. The van der Waals surface area contributed by atoms with Crippen molar-refractivity contribution in [2.45, 2.75) is 32.9 Å². The van der Waals surface area contributed by atoms with E-state index < -0.39 is 8.80 Å². The molecule has 1 aromatic carbocycles. The van der Waals surface area contributed by atoms with Crippen molar-refractivity contribution in [3.05, 3.63) is 35.9 Å². The van der Waals surface area contributed by atoms with Crippen LogP contribution in [-0.2, 0) is 19.9 Å². The molecule has 1 rings (SSSR count). The van der Waals surface area contributed by atoms with Crippen LogP contribution in [0, 0.1) is 0 Å². The van der Waals surface area contributed by atoms with Gasteiger partial charge in [-0.25, -0.2) is 0 Å². The smallest absolute Gasteiger partial charge is 0.374 e. The molecule has 3 nitrogen and oxygen atoms in total. The highest BCUT2D eigenvalue weighted by molar-refractivity contribution is 7.80. The van der Waals surface area contributed by atoms with Gasteiger partial charge in [0.1, 0.15) is 0 Å². The number of hydrogen-bond acceptors (Lipinski definition) is 4. The van der Waals surface area contributed by atoms with Crippen molar-refractivity contribution >= 4 is 21.4 Å². The molecule has 0 bridgehead atoms. The zero-order valence-corrected chi connectivity index (χ0v) is 13.7. The van der Waals surface area contributed by atoms with E-state index in [1.54, 1.807) is 0 Å². The molecule has 0 N–H and O–H groups in total. The summed E-state index contributed by atoms with van der Waals surface area (Å²) in [7, 11) is -2.55. The molecule has 0 unspecified atom stereocenters. The normalized spacial score (nSPS) is 11.7. The molecule has 0 spiro atoms. The summed E-state index contributed by atoms with van der Waals surface area (Å²) in [4.78, 5) is 0. The molecular formula is C14H24O3SSi. The summed E-state index contributed by atoms with van der Waals surface area (Å²) in [5.74, 6) is 0.823. The standard InChI is InChI=1S/C14H24O3SSi/c1-3-15-19(16-4-2,12-8-11-18)17-13-14-9-6-5-7-10-14/h5-7,9-10,18H,3-4,8,11-13H2,1-2H3. The summed E-state index contributed by atoms with van der Waals surface area (Å²) in [5.41, 5.74) is 1.14. The van der Waals surface area contributed by atoms with E-state index >= 15 is 0 Å². The van der Waals surface area contributed by atoms with Crippen LogP contribution in [0.1, 0.15) is 25.8 Å². The minimum absolute atomic E-state index is 0.541. The van der Waals surface area contributed by atoms with Crippen LogP contribution >= 0.6 is 12.6 Å². The highest BCUT2D eigenvalue weighted by Crippen LogP contribution is 2.20. The lowest BCUT2D eigenvalue weighted by Gasteiger charge is -2.28. The molecule has 0 heterocycles. The highest BCUT2D eigenvalue weighted by Gasteiger charge is 2.39. The van der Waals surface area contributed by atoms with Gasteiger partial charge in [-0.3, -0.25) is 0 Å². The summed E-state index contributed by atoms with van der Waals surface area (Å²) in [5, 5.41) is 0. The van der Waals surface area contributed by atoms with Crippen LogP contribution in [0.4, 0.5) is 0 Å². The van der Waals surface area contributed by atoms with E-state index in [1.165, 1.54) is 0 Å². The second-order valence-electron chi connectivity index (χ2n) is 4.15. The average molecular weight is 300 g/mol. The van der Waals surface area contributed by atoms with Crippen molar-refractivity contribution in [3.8, 4) is 0 Å². The SMILES string of the molecule is CCO[Si](CCCS)(OCC)OCc1ccccc1. The largest absolute Gasteiger partial charge is 0.501 e. The summed E-state index contributed by atoms with van der Waals surface area (Å²) >= 11 is 4.26. The Morgan fingerprint density at radius 2 is 1.63 bits per heavy atom. The topological polar surface area (TPSA) is 27.7 Å². The Hall–Kier alpha value is -0.333. The maximum Gasteiger partial charge on any atom is 0.501 e. The predicted octanol–water partition coefficient (Wildman–Crippen LogP) is 3.54. The predicted molar refractivity (Wildman–Crippen MR) is 83.5 cm³/mol. The van der Waals surface area contributed by atoms with Crippen LogP contribution in [0.15, 0.2) is 30.3 Å². The van der Waals surface area contributed by atoms with Gasteiger partial charge in [-0.1, -0.05) is 30.3 Å². The number of benzene rings is 1. The maximum atomic E-state index is 6.06. The van der Waals surface area contributed by atoms with Crippen LogP contribution < -0.4 is 0 Å². The van der Waals surface area contributed by atoms with E-state index in [0.29, 0.717) is 19.8 Å². The lowest BCUT2D eigenvalue weighted by molar-refractivity contribution is 0.0611.